The van der Waals surface area contributed by atoms with E-state index in [0.29, 0.717) is 48.6 Å². The lowest BCUT2D eigenvalue weighted by molar-refractivity contribution is 0.194. The van der Waals surface area contributed by atoms with Gasteiger partial charge in [0.15, 0.2) is 0 Å². The largest absolute Gasteiger partial charge is 0.508 e. The second kappa shape index (κ2) is 9.15. The lowest BCUT2D eigenvalue weighted by Crippen LogP contribution is -2.52. The standard InChI is InChI=1S/C19H22Cl2N4O2/c20-15-12-17(21)18(23-13-15)24-8-10-25(11-9-24)19(27)22-7-1-2-14-3-5-16(26)6-4-14/h3-6,12-13,26H,1-2,7-11H2,(H,22,27). The fourth-order valence-corrected chi connectivity index (χ4v) is 3.52. The quantitative estimate of drug-likeness (QED) is 0.742. The van der Waals surface area contributed by atoms with Crippen molar-refractivity contribution in [2.75, 3.05) is 37.6 Å². The van der Waals surface area contributed by atoms with Gasteiger partial charge in [-0.2, -0.15) is 0 Å². The number of anilines is 1. The van der Waals surface area contributed by atoms with Crippen molar-refractivity contribution in [3.8, 4) is 5.75 Å². The van der Waals surface area contributed by atoms with Crippen LogP contribution in [0.25, 0.3) is 0 Å². The van der Waals surface area contributed by atoms with Crippen LogP contribution in [-0.2, 0) is 6.42 Å². The maximum Gasteiger partial charge on any atom is 0.317 e. The van der Waals surface area contributed by atoms with Crippen molar-refractivity contribution >= 4 is 35.1 Å². The van der Waals surface area contributed by atoms with Gasteiger partial charge in [0.05, 0.1) is 10.0 Å². The highest BCUT2D eigenvalue weighted by Gasteiger charge is 2.23. The molecule has 2 N–H and O–H groups in total. The second-order valence-electron chi connectivity index (χ2n) is 6.43. The van der Waals surface area contributed by atoms with Crippen LogP contribution in [0.5, 0.6) is 5.75 Å². The molecule has 144 valence electrons. The molecule has 0 saturated carbocycles. The molecule has 1 fully saturated rings. The summed E-state index contributed by atoms with van der Waals surface area (Å²) in [4.78, 5) is 20.5. The Morgan fingerprint density at radius 2 is 1.85 bits per heavy atom. The summed E-state index contributed by atoms with van der Waals surface area (Å²) in [6, 6.07) is 8.78. The molecule has 1 aliphatic heterocycles. The van der Waals surface area contributed by atoms with Gasteiger partial charge in [0.2, 0.25) is 0 Å². The fourth-order valence-electron chi connectivity index (χ4n) is 3.02. The van der Waals surface area contributed by atoms with E-state index in [4.69, 9.17) is 23.2 Å². The van der Waals surface area contributed by atoms with Gasteiger partial charge in [0, 0.05) is 38.9 Å². The van der Waals surface area contributed by atoms with E-state index >= 15 is 0 Å². The van der Waals surface area contributed by atoms with Gasteiger partial charge >= 0.3 is 6.03 Å². The van der Waals surface area contributed by atoms with Gasteiger partial charge in [-0.05, 0) is 36.6 Å². The number of amides is 2. The van der Waals surface area contributed by atoms with Crippen LogP contribution in [0.1, 0.15) is 12.0 Å². The molecule has 2 heterocycles. The number of aromatic nitrogens is 1. The summed E-state index contributed by atoms with van der Waals surface area (Å²) < 4.78 is 0. The number of carbonyl (C=O) groups is 1. The number of aryl methyl sites for hydroxylation is 1. The normalized spacial score (nSPS) is 14.3. The van der Waals surface area contributed by atoms with E-state index in [1.807, 2.05) is 12.1 Å². The second-order valence-corrected chi connectivity index (χ2v) is 7.28. The van der Waals surface area contributed by atoms with Crippen molar-refractivity contribution in [1.29, 1.82) is 0 Å². The molecular formula is C19H22Cl2N4O2. The molecule has 0 radical (unpaired) electrons. The number of urea groups is 1. The minimum absolute atomic E-state index is 0.0458. The number of piperazine rings is 1. The Bertz CT molecular complexity index is 778. The zero-order valence-corrected chi connectivity index (χ0v) is 16.4. The number of nitrogens with zero attached hydrogens (tertiary/aromatic N) is 3. The van der Waals surface area contributed by atoms with Crippen molar-refractivity contribution in [2.24, 2.45) is 0 Å². The minimum Gasteiger partial charge on any atom is -0.508 e. The number of benzene rings is 1. The molecule has 6 nitrogen and oxygen atoms in total. The van der Waals surface area contributed by atoms with Crippen LogP contribution in [0.3, 0.4) is 0 Å². The van der Waals surface area contributed by atoms with E-state index in [2.05, 4.69) is 15.2 Å². The molecule has 27 heavy (non-hydrogen) atoms. The minimum atomic E-state index is -0.0458. The van der Waals surface area contributed by atoms with Crippen LogP contribution in [0, 0.1) is 0 Å². The van der Waals surface area contributed by atoms with Crippen molar-refractivity contribution in [3.05, 3.63) is 52.1 Å². The average molecular weight is 409 g/mol. The molecule has 0 bridgehead atoms. The molecule has 2 aromatic rings. The summed E-state index contributed by atoms with van der Waals surface area (Å²) in [6.45, 7) is 3.20. The number of hydrogen-bond donors (Lipinski definition) is 2. The van der Waals surface area contributed by atoms with Gasteiger partial charge < -0.3 is 20.2 Å². The molecule has 0 unspecified atom stereocenters. The molecule has 8 heteroatoms. The number of aromatic hydroxyl groups is 1. The Hall–Kier alpha value is -2.18. The van der Waals surface area contributed by atoms with Crippen molar-refractivity contribution in [3.63, 3.8) is 0 Å². The zero-order valence-electron chi connectivity index (χ0n) is 14.9. The fraction of sp³-hybridized carbons (Fsp3) is 0.368. The summed E-state index contributed by atoms with van der Waals surface area (Å²) in [5.74, 6) is 0.969. The predicted octanol–water partition coefficient (Wildman–Crippen LogP) is 3.56. The Morgan fingerprint density at radius 1 is 1.15 bits per heavy atom. The van der Waals surface area contributed by atoms with E-state index in [0.717, 1.165) is 18.4 Å². The Balaban J connectivity index is 1.40. The van der Waals surface area contributed by atoms with E-state index in [-0.39, 0.29) is 11.8 Å². The van der Waals surface area contributed by atoms with Gasteiger partial charge in [-0.1, -0.05) is 35.3 Å². The van der Waals surface area contributed by atoms with Crippen LogP contribution in [0.2, 0.25) is 10.0 Å². The summed E-state index contributed by atoms with van der Waals surface area (Å²) in [5.41, 5.74) is 1.14. The Morgan fingerprint density at radius 3 is 2.52 bits per heavy atom. The molecule has 1 aromatic heterocycles. The molecule has 0 atom stereocenters. The average Bonchev–Trinajstić information content (AvgIpc) is 2.67. The van der Waals surface area contributed by atoms with Crippen LogP contribution in [-0.4, -0.2) is 53.7 Å². The molecule has 0 aliphatic carbocycles. The first kappa shape index (κ1) is 19.6. The number of carbonyl (C=O) groups excluding carboxylic acids is 1. The van der Waals surface area contributed by atoms with E-state index in [1.54, 1.807) is 29.3 Å². The molecular weight excluding hydrogens is 387 g/mol. The SMILES string of the molecule is O=C(NCCCc1ccc(O)cc1)N1CCN(c2ncc(Cl)cc2Cl)CC1. The first-order chi connectivity index (χ1) is 13.0. The topological polar surface area (TPSA) is 68.7 Å². The van der Waals surface area contributed by atoms with Gasteiger partial charge in [-0.15, -0.1) is 0 Å². The van der Waals surface area contributed by atoms with Crippen molar-refractivity contribution in [2.45, 2.75) is 12.8 Å². The number of rotatable bonds is 5. The highest BCUT2D eigenvalue weighted by molar-refractivity contribution is 6.36. The summed E-state index contributed by atoms with van der Waals surface area (Å²) in [6.07, 6.45) is 3.28. The van der Waals surface area contributed by atoms with Crippen LogP contribution < -0.4 is 10.2 Å². The maximum atomic E-state index is 12.3. The smallest absolute Gasteiger partial charge is 0.317 e. The molecule has 3 rings (SSSR count). The predicted molar refractivity (Wildman–Crippen MR) is 108 cm³/mol. The number of halogens is 2. The number of pyridine rings is 1. The third-order valence-electron chi connectivity index (χ3n) is 4.51. The highest BCUT2D eigenvalue weighted by Crippen LogP contribution is 2.26. The van der Waals surface area contributed by atoms with Gasteiger partial charge in [-0.3, -0.25) is 0 Å². The number of hydrogen-bond acceptors (Lipinski definition) is 4. The Kier molecular flexibility index (Phi) is 6.63. The molecule has 1 saturated heterocycles. The summed E-state index contributed by atoms with van der Waals surface area (Å²) in [7, 11) is 0. The lowest BCUT2D eigenvalue weighted by atomic mass is 10.1. The number of phenols is 1. The van der Waals surface area contributed by atoms with Gasteiger partial charge in [-0.25, -0.2) is 9.78 Å². The monoisotopic (exact) mass is 408 g/mol. The molecule has 2 amide bonds. The third kappa shape index (κ3) is 5.40. The van der Waals surface area contributed by atoms with E-state index < -0.39 is 0 Å². The van der Waals surface area contributed by atoms with Crippen LogP contribution in [0.4, 0.5) is 10.6 Å². The zero-order chi connectivity index (χ0) is 19.2. The van der Waals surface area contributed by atoms with Gasteiger partial charge in [0.1, 0.15) is 11.6 Å². The van der Waals surface area contributed by atoms with E-state index in [9.17, 15) is 9.90 Å². The van der Waals surface area contributed by atoms with Crippen molar-refractivity contribution in [1.82, 2.24) is 15.2 Å². The van der Waals surface area contributed by atoms with Crippen molar-refractivity contribution < 1.29 is 9.90 Å². The molecule has 1 aromatic carbocycles. The highest BCUT2D eigenvalue weighted by atomic mass is 35.5. The number of phenolic OH excluding ortho intramolecular Hbond substituents is 1. The first-order valence-electron chi connectivity index (χ1n) is 8.89. The molecule has 0 spiro atoms. The summed E-state index contributed by atoms with van der Waals surface area (Å²) >= 11 is 12.1. The first-order valence-corrected chi connectivity index (χ1v) is 9.65. The van der Waals surface area contributed by atoms with Crippen LogP contribution >= 0.6 is 23.2 Å². The van der Waals surface area contributed by atoms with E-state index in [1.165, 1.54) is 0 Å². The summed E-state index contributed by atoms with van der Waals surface area (Å²) in [5, 5.41) is 13.3. The lowest BCUT2D eigenvalue weighted by Gasteiger charge is -2.35. The number of nitrogens with one attached hydrogen (secondary N) is 1. The molecule has 1 aliphatic rings. The third-order valence-corrected chi connectivity index (χ3v) is 4.99. The van der Waals surface area contributed by atoms with Gasteiger partial charge in [0.25, 0.3) is 0 Å². The maximum absolute atomic E-state index is 12.3. The Labute approximate surface area is 168 Å². The van der Waals surface area contributed by atoms with Crippen LogP contribution in [0.15, 0.2) is 36.5 Å².